The van der Waals surface area contributed by atoms with Crippen molar-refractivity contribution in [1.82, 2.24) is 14.7 Å². The van der Waals surface area contributed by atoms with Gasteiger partial charge in [-0.15, -0.1) is 0 Å². The minimum atomic E-state index is -3.59. The number of aromatic amines is 1. The molecule has 0 radical (unpaired) electrons. The SMILES string of the molecule is Cc1ncc(S(=O)(=O)NCC#N)[nH]1. The molecule has 70 valence electrons. The third-order valence-electron chi connectivity index (χ3n) is 1.31. The summed E-state index contributed by atoms with van der Waals surface area (Å²) < 4.78 is 24.6. The van der Waals surface area contributed by atoms with Crippen LogP contribution in [0.15, 0.2) is 11.2 Å². The van der Waals surface area contributed by atoms with Crippen molar-refractivity contribution in [3.05, 3.63) is 12.0 Å². The molecule has 0 aliphatic carbocycles. The summed E-state index contributed by atoms with van der Waals surface area (Å²) >= 11 is 0. The molecule has 0 aliphatic heterocycles. The number of nitriles is 1. The Morgan fingerprint density at radius 2 is 2.46 bits per heavy atom. The predicted molar refractivity (Wildman–Crippen MR) is 44.1 cm³/mol. The fraction of sp³-hybridized carbons (Fsp3) is 0.333. The van der Waals surface area contributed by atoms with Gasteiger partial charge >= 0.3 is 0 Å². The molecule has 6 nitrogen and oxygen atoms in total. The molecule has 1 rings (SSSR count). The molecule has 0 bridgehead atoms. The van der Waals surface area contributed by atoms with Gasteiger partial charge in [0.25, 0.3) is 10.0 Å². The van der Waals surface area contributed by atoms with Crippen LogP contribution < -0.4 is 4.72 Å². The van der Waals surface area contributed by atoms with Gasteiger partial charge in [-0.2, -0.15) is 9.98 Å². The summed E-state index contributed by atoms with van der Waals surface area (Å²) in [7, 11) is -3.59. The van der Waals surface area contributed by atoms with Gasteiger partial charge in [-0.3, -0.25) is 0 Å². The molecule has 0 fully saturated rings. The van der Waals surface area contributed by atoms with Crippen LogP contribution >= 0.6 is 0 Å². The summed E-state index contributed by atoms with van der Waals surface area (Å²) in [6, 6.07) is 1.68. The Bertz CT molecular complexity index is 428. The van der Waals surface area contributed by atoms with Gasteiger partial charge in [0.2, 0.25) is 0 Å². The van der Waals surface area contributed by atoms with Crippen LogP contribution in [-0.2, 0) is 10.0 Å². The first-order valence-corrected chi connectivity index (χ1v) is 4.93. The molecule has 0 saturated heterocycles. The lowest BCUT2D eigenvalue weighted by atomic mass is 10.8. The number of sulfonamides is 1. The predicted octanol–water partition coefficient (Wildman–Crippen LogP) is -0.480. The molecule has 2 N–H and O–H groups in total. The van der Waals surface area contributed by atoms with E-state index in [9.17, 15) is 8.42 Å². The third kappa shape index (κ3) is 2.27. The summed E-state index contributed by atoms with van der Waals surface area (Å²) in [5.41, 5.74) is 0. The van der Waals surface area contributed by atoms with Crippen LogP contribution in [0.3, 0.4) is 0 Å². The Morgan fingerprint density at radius 3 is 2.92 bits per heavy atom. The number of H-pyrrole nitrogens is 1. The molecule has 0 amide bonds. The second kappa shape index (κ2) is 3.55. The highest BCUT2D eigenvalue weighted by Gasteiger charge is 2.14. The molecule has 0 saturated carbocycles. The van der Waals surface area contributed by atoms with Gasteiger partial charge in [0.05, 0.1) is 18.8 Å². The number of imidazole rings is 1. The van der Waals surface area contributed by atoms with E-state index in [4.69, 9.17) is 5.26 Å². The lowest BCUT2D eigenvalue weighted by molar-refractivity contribution is 0.582. The highest BCUT2D eigenvalue weighted by atomic mass is 32.2. The fourth-order valence-electron chi connectivity index (χ4n) is 0.740. The van der Waals surface area contributed by atoms with Crippen molar-refractivity contribution < 1.29 is 8.42 Å². The van der Waals surface area contributed by atoms with E-state index in [1.54, 1.807) is 13.0 Å². The lowest BCUT2D eigenvalue weighted by Gasteiger charge is -1.98. The van der Waals surface area contributed by atoms with Crippen molar-refractivity contribution in [2.75, 3.05) is 6.54 Å². The molecular formula is C6H8N4O2S. The van der Waals surface area contributed by atoms with Gasteiger partial charge in [0, 0.05) is 0 Å². The molecule has 0 atom stereocenters. The van der Waals surface area contributed by atoms with E-state index in [0.717, 1.165) is 0 Å². The van der Waals surface area contributed by atoms with Crippen molar-refractivity contribution >= 4 is 10.0 Å². The largest absolute Gasteiger partial charge is 0.332 e. The van der Waals surface area contributed by atoms with Gasteiger partial charge < -0.3 is 4.98 Å². The fourth-order valence-corrected chi connectivity index (χ4v) is 1.62. The highest BCUT2D eigenvalue weighted by Crippen LogP contribution is 2.03. The molecular weight excluding hydrogens is 192 g/mol. The summed E-state index contributed by atoms with van der Waals surface area (Å²) in [5.74, 6) is 0.511. The maximum atomic E-state index is 11.3. The van der Waals surface area contributed by atoms with Gasteiger partial charge in [0.15, 0.2) is 5.03 Å². The zero-order valence-electron chi connectivity index (χ0n) is 6.90. The molecule has 1 aromatic heterocycles. The Morgan fingerprint density at radius 1 is 1.77 bits per heavy atom. The van der Waals surface area contributed by atoms with E-state index >= 15 is 0 Å². The van der Waals surface area contributed by atoms with Crippen molar-refractivity contribution in [3.8, 4) is 6.07 Å². The first-order valence-electron chi connectivity index (χ1n) is 3.44. The number of nitrogens with one attached hydrogen (secondary N) is 2. The molecule has 0 spiro atoms. The maximum absolute atomic E-state index is 11.3. The maximum Gasteiger partial charge on any atom is 0.258 e. The summed E-state index contributed by atoms with van der Waals surface area (Å²) in [5, 5.41) is 8.15. The molecule has 1 aromatic rings. The second-order valence-corrected chi connectivity index (χ2v) is 4.05. The molecule has 0 unspecified atom stereocenters. The van der Waals surface area contributed by atoms with E-state index < -0.39 is 10.0 Å². The monoisotopic (exact) mass is 200 g/mol. The zero-order valence-corrected chi connectivity index (χ0v) is 7.72. The van der Waals surface area contributed by atoms with Crippen LogP contribution in [-0.4, -0.2) is 24.9 Å². The summed E-state index contributed by atoms with van der Waals surface area (Å²) in [6.07, 6.45) is 1.20. The Kier molecular flexibility index (Phi) is 2.65. The smallest absolute Gasteiger partial charge is 0.258 e. The standard InChI is InChI=1S/C6H8N4O2S/c1-5-8-4-6(10-5)13(11,12)9-3-2-7/h4,9H,3H2,1H3,(H,8,10). The van der Waals surface area contributed by atoms with Gasteiger partial charge in [-0.05, 0) is 6.92 Å². The minimum Gasteiger partial charge on any atom is -0.332 e. The van der Waals surface area contributed by atoms with E-state index in [0.29, 0.717) is 5.82 Å². The normalized spacial score (nSPS) is 11.1. The van der Waals surface area contributed by atoms with Gasteiger partial charge in [-0.25, -0.2) is 13.4 Å². The number of nitrogens with zero attached hydrogens (tertiary/aromatic N) is 2. The van der Waals surface area contributed by atoms with E-state index in [2.05, 4.69) is 14.7 Å². The molecule has 0 aromatic carbocycles. The van der Waals surface area contributed by atoms with Crippen LogP contribution in [0.2, 0.25) is 0 Å². The molecule has 0 aliphatic rings. The van der Waals surface area contributed by atoms with Crippen LogP contribution in [0, 0.1) is 18.3 Å². The lowest BCUT2D eigenvalue weighted by Crippen LogP contribution is -2.24. The molecule has 13 heavy (non-hydrogen) atoms. The van der Waals surface area contributed by atoms with E-state index in [-0.39, 0.29) is 11.6 Å². The van der Waals surface area contributed by atoms with E-state index in [1.807, 2.05) is 0 Å². The van der Waals surface area contributed by atoms with Crippen LogP contribution in [0.4, 0.5) is 0 Å². The van der Waals surface area contributed by atoms with Gasteiger partial charge in [0.1, 0.15) is 5.82 Å². The topological polar surface area (TPSA) is 98.6 Å². The van der Waals surface area contributed by atoms with Crippen molar-refractivity contribution in [2.24, 2.45) is 0 Å². The Balaban J connectivity index is 2.89. The number of hydrogen-bond donors (Lipinski definition) is 2. The minimum absolute atomic E-state index is 0.0275. The molecule has 1 heterocycles. The zero-order chi connectivity index (χ0) is 9.90. The summed E-state index contributed by atoms with van der Waals surface area (Å²) in [4.78, 5) is 6.29. The number of aromatic nitrogens is 2. The third-order valence-corrected chi connectivity index (χ3v) is 2.62. The Labute approximate surface area is 75.7 Å². The Hall–Kier alpha value is -1.39. The average molecular weight is 200 g/mol. The van der Waals surface area contributed by atoms with Crippen LogP contribution in [0.25, 0.3) is 0 Å². The number of aryl methyl sites for hydroxylation is 1. The molecule has 7 heteroatoms. The quantitative estimate of drug-likeness (QED) is 0.644. The highest BCUT2D eigenvalue weighted by molar-refractivity contribution is 7.89. The van der Waals surface area contributed by atoms with Crippen molar-refractivity contribution in [2.45, 2.75) is 11.9 Å². The van der Waals surface area contributed by atoms with Crippen LogP contribution in [0.5, 0.6) is 0 Å². The first-order chi connectivity index (χ1) is 6.06. The van der Waals surface area contributed by atoms with Crippen LogP contribution in [0.1, 0.15) is 5.82 Å². The van der Waals surface area contributed by atoms with Gasteiger partial charge in [-0.1, -0.05) is 0 Å². The summed E-state index contributed by atoms with van der Waals surface area (Å²) in [6.45, 7) is 1.39. The van der Waals surface area contributed by atoms with Crippen molar-refractivity contribution in [1.29, 1.82) is 5.26 Å². The number of hydrogen-bond acceptors (Lipinski definition) is 4. The second-order valence-electron chi connectivity index (χ2n) is 2.32. The average Bonchev–Trinajstić information content (AvgIpc) is 2.49. The van der Waals surface area contributed by atoms with Crippen molar-refractivity contribution in [3.63, 3.8) is 0 Å². The van der Waals surface area contributed by atoms with E-state index in [1.165, 1.54) is 6.20 Å². The number of rotatable bonds is 3. The first kappa shape index (κ1) is 9.70.